The van der Waals surface area contributed by atoms with Crippen LogP contribution >= 0.6 is 15.9 Å². The van der Waals surface area contributed by atoms with Gasteiger partial charge in [-0.05, 0) is 286 Å². The van der Waals surface area contributed by atoms with Gasteiger partial charge in [-0.2, -0.15) is 0 Å². The Kier molecular flexibility index (Phi) is 37.8. The van der Waals surface area contributed by atoms with E-state index in [-0.39, 0.29) is 51.3 Å². The van der Waals surface area contributed by atoms with Gasteiger partial charge in [0.25, 0.3) is 23.6 Å². The summed E-state index contributed by atoms with van der Waals surface area (Å²) >= 11 is 3.45. The third kappa shape index (κ3) is 31.9. The summed E-state index contributed by atoms with van der Waals surface area (Å²) in [5.41, 5.74) is 14.9. The van der Waals surface area contributed by atoms with Crippen LogP contribution in [0.2, 0.25) is 0 Å². The van der Waals surface area contributed by atoms with Gasteiger partial charge in [-0.25, -0.2) is 19.2 Å². The van der Waals surface area contributed by atoms with Gasteiger partial charge in [0.2, 0.25) is 0 Å². The fraction of sp³-hybridized carbons (Fsp3) is 0.316. The fourth-order valence-electron chi connectivity index (χ4n) is 16.5. The van der Waals surface area contributed by atoms with Gasteiger partial charge in [0, 0.05) is 115 Å². The molecule has 0 aromatic heterocycles. The van der Waals surface area contributed by atoms with E-state index in [0.29, 0.717) is 39.3 Å². The van der Waals surface area contributed by atoms with Gasteiger partial charge < -0.3 is 80.2 Å². The Morgan fingerprint density at radius 3 is 0.789 bits per heavy atom. The maximum atomic E-state index is 13.6. The van der Waals surface area contributed by atoms with Crippen LogP contribution in [-0.4, -0.2) is 234 Å². The number of hydrogen-bond donors (Lipinski definition) is 7. The number of phenols is 2. The summed E-state index contributed by atoms with van der Waals surface area (Å²) in [7, 11) is 6.41. The van der Waals surface area contributed by atoms with Gasteiger partial charge in [0.05, 0.1) is 56.1 Å². The zero-order chi connectivity index (χ0) is 102. The minimum Gasteiger partial charge on any atom is -0.507 e. The molecule has 3 aliphatic rings. The molecule has 0 bridgehead atoms. The quantitative estimate of drug-likeness (QED) is 0.0143. The molecule has 3 saturated heterocycles. The van der Waals surface area contributed by atoms with E-state index in [1.807, 2.05) is 250 Å². The number of carboxylic acid groups (broad SMARTS) is 1. The van der Waals surface area contributed by atoms with Crippen LogP contribution in [0.25, 0.3) is 44.5 Å². The van der Waals surface area contributed by atoms with Gasteiger partial charge in [-0.1, -0.05) is 198 Å². The lowest BCUT2D eigenvalue weighted by Gasteiger charge is -2.32. The summed E-state index contributed by atoms with van der Waals surface area (Å²) in [4.78, 5) is 118. The first kappa shape index (κ1) is 107. The van der Waals surface area contributed by atoms with E-state index >= 15 is 0 Å². The standard InChI is InChI=1S/C32H39N3O3.C31H37N3O4.C27H28BrNO3.C27H29N3O4/c1-23-11-12-24(15-16-35-19-17-34(5)18-20-35)21-28(23)30(36)33-29-22-26(25-9-7-6-8-10-25)13-14-27(29)31(37)38-32(2,3)4;1-31(2,3)38-30(37)25-12-11-24(23-8-6-5-7-9-23)21-27(25)32-29(36)26-20-22(10-13-28(26)35)14-15-34-18-16-33(4)17-19-34;1-18-10-11-19(14-15-28)16-23(18)25(30)29-24-17-21(20-8-6-5-7-9-20)12-13-22(24)26(31)32-27(2,3)4;1-29-13-15-30(16-14-29)12-11-19-7-10-25(31)23(17-19)26(32)28-24-18-21(8-9-22(24)27(33)34)20-5-3-2-4-6-20/h6-14,21-22H,15-20H2,1-5H3,(H,33,36);5-13,20-21,35H,14-19H2,1-4H3,(H,32,36);5-13,16-17H,14-15H2,1-4H3,(H,29,30);2-10,17-18,31H,11-16H2,1H3,(H,28,32)(H,33,34). The van der Waals surface area contributed by atoms with Crippen LogP contribution < -0.4 is 21.3 Å². The van der Waals surface area contributed by atoms with Crippen molar-refractivity contribution < 1.29 is 67.9 Å². The molecule has 3 heterocycles. The molecular formula is C117H133BrN10O14. The molecule has 0 atom stereocenters. The van der Waals surface area contributed by atoms with Crippen LogP contribution in [0.5, 0.6) is 11.5 Å². The van der Waals surface area contributed by atoms with Crippen molar-refractivity contribution in [2.45, 2.75) is 119 Å². The Morgan fingerprint density at radius 2 is 0.528 bits per heavy atom. The fourth-order valence-corrected chi connectivity index (χ4v) is 16.9. The van der Waals surface area contributed by atoms with Crippen molar-refractivity contribution in [2.24, 2.45) is 0 Å². The van der Waals surface area contributed by atoms with Crippen LogP contribution in [0.15, 0.2) is 267 Å². The van der Waals surface area contributed by atoms with Crippen LogP contribution in [0.3, 0.4) is 0 Å². The number of anilines is 4. The van der Waals surface area contributed by atoms with Crippen LogP contribution in [0.1, 0.15) is 179 Å². The highest BCUT2D eigenvalue weighted by molar-refractivity contribution is 9.09. The second-order valence-electron chi connectivity index (χ2n) is 39.3. The summed E-state index contributed by atoms with van der Waals surface area (Å²) in [6.45, 7) is 35.5. The minimum absolute atomic E-state index is 0.0151. The molecule has 0 radical (unpaired) electrons. The first-order chi connectivity index (χ1) is 67.7. The maximum absolute atomic E-state index is 13.6. The molecule has 3 aliphatic heterocycles. The second-order valence-corrected chi connectivity index (χ2v) is 40.1. The number of aromatic carboxylic acids is 1. The molecule has 3 fully saturated rings. The smallest absolute Gasteiger partial charge is 0.340 e. The number of aromatic hydroxyl groups is 2. The number of halogens is 1. The first-order valence-corrected chi connectivity index (χ1v) is 49.5. The van der Waals surface area contributed by atoms with E-state index in [1.165, 1.54) is 12.1 Å². The lowest BCUT2D eigenvalue weighted by Crippen LogP contribution is -2.45. The number of ether oxygens (including phenoxy) is 3. The highest BCUT2D eigenvalue weighted by atomic mass is 79.9. The highest BCUT2D eigenvalue weighted by Gasteiger charge is 2.30. The molecule has 15 rings (SSSR count). The molecule has 12 aromatic rings. The van der Waals surface area contributed by atoms with E-state index in [2.05, 4.69) is 93.8 Å². The second kappa shape index (κ2) is 50.1. The van der Waals surface area contributed by atoms with Gasteiger partial charge >= 0.3 is 23.9 Å². The molecule has 742 valence electrons. The van der Waals surface area contributed by atoms with Gasteiger partial charge in [-0.15, -0.1) is 0 Å². The molecule has 142 heavy (non-hydrogen) atoms. The third-order valence-corrected chi connectivity index (χ3v) is 25.0. The maximum Gasteiger partial charge on any atom is 0.340 e. The topological polar surface area (TPSA) is 292 Å². The highest BCUT2D eigenvalue weighted by Crippen LogP contribution is 2.36. The van der Waals surface area contributed by atoms with Gasteiger partial charge in [0.15, 0.2) is 0 Å². The lowest BCUT2D eigenvalue weighted by atomic mass is 10.00. The lowest BCUT2D eigenvalue weighted by molar-refractivity contribution is 0.00580. The molecule has 12 aromatic carbocycles. The number of phenolic OH excluding ortho intramolecular Hbond substituents is 2. The summed E-state index contributed by atoms with van der Waals surface area (Å²) < 4.78 is 16.8. The van der Waals surface area contributed by atoms with Crippen molar-refractivity contribution in [3.05, 3.63) is 345 Å². The van der Waals surface area contributed by atoms with Crippen LogP contribution in [0.4, 0.5) is 22.7 Å². The number of hydrogen-bond acceptors (Lipinski definition) is 19. The molecule has 0 saturated carbocycles. The molecular weight excluding hydrogens is 1850 g/mol. The molecule has 0 spiro atoms. The number of aryl methyl sites for hydroxylation is 3. The predicted molar refractivity (Wildman–Crippen MR) is 571 cm³/mol. The average Bonchev–Trinajstić information content (AvgIpc) is 0.816. The number of nitrogens with one attached hydrogen (secondary N) is 4. The van der Waals surface area contributed by atoms with Crippen molar-refractivity contribution in [3.63, 3.8) is 0 Å². The predicted octanol–water partition coefficient (Wildman–Crippen LogP) is 21.3. The molecule has 7 N–H and O–H groups in total. The van der Waals surface area contributed by atoms with Gasteiger partial charge in [0.1, 0.15) is 28.3 Å². The number of alkyl halides is 1. The minimum atomic E-state index is -1.14. The van der Waals surface area contributed by atoms with Crippen LogP contribution in [-0.2, 0) is 39.9 Å². The first-order valence-electron chi connectivity index (χ1n) is 48.3. The van der Waals surface area contributed by atoms with Crippen molar-refractivity contribution >= 4 is 86.2 Å². The SMILES string of the molecule is CN1CCN(CCc2ccc(O)c(C(=O)Nc3cc(-c4ccccc4)ccc3C(=O)O)c2)CC1.CN1CCN(CCc2ccc(O)c(C(=O)Nc3cc(-c4ccccc4)ccc3C(=O)OC(C)(C)C)c2)CC1.Cc1ccc(CCBr)cc1C(=O)Nc1cc(-c2ccccc2)ccc1C(=O)OC(C)(C)C.Cc1ccc(CCN2CCN(C)CC2)cc1C(=O)Nc1cc(-c2ccccc2)ccc1C(=O)OC(C)(C)C. The Balaban J connectivity index is 0.000000169. The number of likely N-dealkylation sites (N-methyl/N-ethyl adjacent to an activating group) is 3. The zero-order valence-corrected chi connectivity index (χ0v) is 85.5. The Labute approximate surface area is 843 Å². The van der Waals surface area contributed by atoms with E-state index in [9.17, 15) is 53.7 Å². The molecule has 0 aliphatic carbocycles. The molecule has 0 unspecified atom stereocenters. The van der Waals surface area contributed by atoms with Crippen LogP contribution in [0, 0.1) is 13.8 Å². The number of piperazine rings is 3. The third-order valence-electron chi connectivity index (χ3n) is 24.6. The number of amides is 4. The molecule has 24 nitrogen and oxygen atoms in total. The van der Waals surface area contributed by atoms with Crippen molar-refractivity contribution in [1.29, 1.82) is 0 Å². The summed E-state index contributed by atoms with van der Waals surface area (Å²) in [5, 5.41) is 42.9. The van der Waals surface area contributed by atoms with E-state index in [4.69, 9.17) is 14.2 Å². The van der Waals surface area contributed by atoms with Gasteiger partial charge in [-0.3, -0.25) is 19.2 Å². The van der Waals surface area contributed by atoms with Crippen molar-refractivity contribution in [2.75, 3.05) is 146 Å². The van der Waals surface area contributed by atoms with E-state index < -0.39 is 52.5 Å². The summed E-state index contributed by atoms with van der Waals surface area (Å²) in [6, 6.07) is 82.0. The number of benzene rings is 12. The Morgan fingerprint density at radius 1 is 0.289 bits per heavy atom. The molecule has 4 amide bonds. The Bertz CT molecular complexity index is 6180. The molecule has 25 heteroatoms. The summed E-state index contributed by atoms with van der Waals surface area (Å²) in [5.74, 6) is -4.39. The zero-order valence-electron chi connectivity index (χ0n) is 83.9. The number of nitrogens with zero attached hydrogens (tertiary/aromatic N) is 6. The number of rotatable bonds is 27. The monoisotopic (exact) mass is 1980 g/mol. The van der Waals surface area contributed by atoms with Crippen molar-refractivity contribution in [1.82, 2.24) is 29.4 Å². The summed E-state index contributed by atoms with van der Waals surface area (Å²) in [6.07, 6.45) is 3.25. The Hall–Kier alpha value is -13.8. The number of carbonyl (C=O) groups is 8. The largest absolute Gasteiger partial charge is 0.507 e. The van der Waals surface area contributed by atoms with E-state index in [1.54, 1.807) is 75.4 Å². The normalized spacial score (nSPS) is 13.9. The number of esters is 3. The average molecular weight is 1980 g/mol. The van der Waals surface area contributed by atoms with Crippen molar-refractivity contribution in [3.8, 4) is 56.0 Å². The number of carbonyl (C=O) groups excluding carboxylic acids is 7. The number of carboxylic acids is 1. The van der Waals surface area contributed by atoms with E-state index in [0.717, 1.165) is 207 Å².